The predicted molar refractivity (Wildman–Crippen MR) is 110 cm³/mol. The van der Waals surface area contributed by atoms with Crippen LogP contribution < -0.4 is 11.1 Å². The maximum atomic E-state index is 12.9. The molecular formula is C20H24N6O3. The molecule has 0 fully saturated rings. The van der Waals surface area contributed by atoms with E-state index in [1.807, 2.05) is 25.3 Å². The summed E-state index contributed by atoms with van der Waals surface area (Å²) in [5, 5.41) is 16.2. The zero-order chi connectivity index (χ0) is 21.1. The van der Waals surface area contributed by atoms with Crippen LogP contribution in [0, 0.1) is 13.8 Å². The number of primary amides is 1. The number of aliphatic hydroxyl groups excluding tert-OH is 1. The third kappa shape index (κ3) is 4.04. The molecule has 1 aromatic carbocycles. The van der Waals surface area contributed by atoms with E-state index in [0.29, 0.717) is 35.8 Å². The lowest BCUT2D eigenvalue weighted by atomic mass is 10.1. The minimum atomic E-state index is -0.544. The fourth-order valence-corrected chi connectivity index (χ4v) is 3.28. The number of nitrogens with zero attached hydrogens (tertiary/aromatic N) is 4. The van der Waals surface area contributed by atoms with E-state index in [1.165, 1.54) is 0 Å². The van der Waals surface area contributed by atoms with Crippen molar-refractivity contribution < 1.29 is 14.7 Å². The number of benzene rings is 1. The van der Waals surface area contributed by atoms with E-state index in [1.54, 1.807) is 35.0 Å². The van der Waals surface area contributed by atoms with Crippen LogP contribution in [-0.2, 0) is 13.1 Å². The lowest BCUT2D eigenvalue weighted by molar-refractivity contribution is 0.0996. The first-order valence-electron chi connectivity index (χ1n) is 9.28. The summed E-state index contributed by atoms with van der Waals surface area (Å²) in [5.74, 6) is -0.542. The molecule has 0 saturated carbocycles. The number of imidazole rings is 1. The van der Waals surface area contributed by atoms with Crippen molar-refractivity contribution >= 4 is 28.8 Å². The Balaban J connectivity index is 2.08. The summed E-state index contributed by atoms with van der Waals surface area (Å²) in [6, 6.07) is 5.01. The molecule has 0 radical (unpaired) electrons. The number of nitrogens with one attached hydrogen (secondary N) is 1. The molecule has 2 heterocycles. The van der Waals surface area contributed by atoms with Crippen molar-refractivity contribution in [2.24, 2.45) is 5.73 Å². The molecule has 2 aromatic heterocycles. The number of rotatable bonds is 7. The molecule has 0 aliphatic carbocycles. The van der Waals surface area contributed by atoms with Crippen LogP contribution in [0.3, 0.4) is 0 Å². The molecule has 152 valence electrons. The fraction of sp³-hybridized carbons (Fsp3) is 0.300. The summed E-state index contributed by atoms with van der Waals surface area (Å²) < 4.78 is 3.44. The number of carbonyl (C=O) groups is 2. The smallest absolute Gasteiger partial charge is 0.276 e. The maximum Gasteiger partial charge on any atom is 0.276 e. The minimum absolute atomic E-state index is 0.0892. The van der Waals surface area contributed by atoms with Crippen molar-refractivity contribution in [1.82, 2.24) is 19.3 Å². The third-order valence-electron chi connectivity index (χ3n) is 4.54. The SMILES string of the molecule is CCn1nc(C)cc1C(=O)Nc1nc2cc(C(N)=O)cc(C)c2n1CC=CCO. The number of nitrogens with two attached hydrogens (primary N) is 1. The van der Waals surface area contributed by atoms with E-state index < -0.39 is 5.91 Å². The lowest BCUT2D eigenvalue weighted by Gasteiger charge is -2.10. The number of hydrogen-bond donors (Lipinski definition) is 3. The Morgan fingerprint density at radius 1 is 1.24 bits per heavy atom. The van der Waals surface area contributed by atoms with Gasteiger partial charge in [-0.3, -0.25) is 19.6 Å². The first kappa shape index (κ1) is 20.3. The predicted octanol–water partition coefficient (Wildman–Crippen LogP) is 1.77. The van der Waals surface area contributed by atoms with E-state index >= 15 is 0 Å². The normalized spacial score (nSPS) is 11.4. The molecule has 2 amide bonds. The van der Waals surface area contributed by atoms with Gasteiger partial charge in [-0.05, 0) is 44.5 Å². The van der Waals surface area contributed by atoms with Gasteiger partial charge in [-0.1, -0.05) is 12.2 Å². The summed E-state index contributed by atoms with van der Waals surface area (Å²) in [6.07, 6.45) is 3.39. The molecule has 0 spiro atoms. The number of fused-ring (bicyclic) bond motifs is 1. The van der Waals surface area contributed by atoms with Gasteiger partial charge >= 0.3 is 0 Å². The first-order chi connectivity index (χ1) is 13.8. The standard InChI is InChI=1S/C20H24N6O3/c1-4-26-16(10-13(3)24-26)19(29)23-20-22-15-11-14(18(21)28)9-12(2)17(15)25(20)7-5-6-8-27/h5-6,9-11,27H,4,7-8H2,1-3H3,(H2,21,28)(H,22,23,29). The summed E-state index contributed by atoms with van der Waals surface area (Å²) >= 11 is 0. The second-order valence-electron chi connectivity index (χ2n) is 6.67. The van der Waals surface area contributed by atoms with Crippen molar-refractivity contribution in [3.05, 3.63) is 52.9 Å². The van der Waals surface area contributed by atoms with Gasteiger partial charge in [0, 0.05) is 18.7 Å². The molecule has 3 aromatic rings. The highest BCUT2D eigenvalue weighted by Crippen LogP contribution is 2.25. The Bertz CT molecular complexity index is 1110. The monoisotopic (exact) mass is 396 g/mol. The van der Waals surface area contributed by atoms with Gasteiger partial charge in [-0.15, -0.1) is 0 Å². The zero-order valence-electron chi connectivity index (χ0n) is 16.6. The number of aliphatic hydroxyl groups is 1. The number of aryl methyl sites for hydroxylation is 3. The van der Waals surface area contributed by atoms with E-state index in [2.05, 4.69) is 15.4 Å². The van der Waals surface area contributed by atoms with Crippen LogP contribution in [0.1, 0.15) is 39.0 Å². The van der Waals surface area contributed by atoms with Gasteiger partial charge in [0.15, 0.2) is 0 Å². The molecule has 4 N–H and O–H groups in total. The Kier molecular flexibility index (Phi) is 5.79. The molecule has 3 rings (SSSR count). The highest BCUT2D eigenvalue weighted by Gasteiger charge is 2.19. The molecule has 0 unspecified atom stereocenters. The minimum Gasteiger partial charge on any atom is -0.392 e. The van der Waals surface area contributed by atoms with Crippen molar-refractivity contribution in [3.63, 3.8) is 0 Å². The highest BCUT2D eigenvalue weighted by atomic mass is 16.2. The number of hydrogen-bond acceptors (Lipinski definition) is 5. The average Bonchev–Trinajstić information content (AvgIpc) is 3.22. The second kappa shape index (κ2) is 8.27. The van der Waals surface area contributed by atoms with Crippen LogP contribution in [0.25, 0.3) is 11.0 Å². The Morgan fingerprint density at radius 2 is 2.00 bits per heavy atom. The van der Waals surface area contributed by atoms with Gasteiger partial charge in [-0.25, -0.2) is 4.98 Å². The molecule has 0 aliphatic rings. The summed E-state index contributed by atoms with van der Waals surface area (Å²) in [5.41, 5.74) is 9.07. The Labute approximate surface area is 167 Å². The largest absolute Gasteiger partial charge is 0.392 e. The molecular weight excluding hydrogens is 372 g/mol. The molecule has 0 saturated heterocycles. The van der Waals surface area contributed by atoms with Crippen LogP contribution in [0.15, 0.2) is 30.4 Å². The van der Waals surface area contributed by atoms with Gasteiger partial charge in [0.2, 0.25) is 11.9 Å². The Morgan fingerprint density at radius 3 is 2.66 bits per heavy atom. The molecule has 9 heteroatoms. The van der Waals surface area contributed by atoms with Crippen LogP contribution >= 0.6 is 0 Å². The number of amides is 2. The van der Waals surface area contributed by atoms with Crippen LogP contribution in [0.4, 0.5) is 5.95 Å². The summed E-state index contributed by atoms with van der Waals surface area (Å²) in [4.78, 5) is 29.0. The highest BCUT2D eigenvalue weighted by molar-refractivity contribution is 6.03. The maximum absolute atomic E-state index is 12.9. The van der Waals surface area contributed by atoms with Gasteiger partial charge < -0.3 is 15.4 Å². The van der Waals surface area contributed by atoms with Crippen molar-refractivity contribution in [3.8, 4) is 0 Å². The molecule has 29 heavy (non-hydrogen) atoms. The number of allylic oxidation sites excluding steroid dienone is 1. The summed E-state index contributed by atoms with van der Waals surface area (Å²) in [6.45, 7) is 6.44. The topological polar surface area (TPSA) is 128 Å². The number of carbonyl (C=O) groups excluding carboxylic acids is 2. The van der Waals surface area contributed by atoms with Crippen molar-refractivity contribution in [1.29, 1.82) is 0 Å². The van der Waals surface area contributed by atoms with Crippen LogP contribution in [-0.4, -0.2) is 42.9 Å². The van der Waals surface area contributed by atoms with E-state index in [0.717, 1.165) is 16.8 Å². The number of anilines is 1. The van der Waals surface area contributed by atoms with Crippen molar-refractivity contribution in [2.75, 3.05) is 11.9 Å². The Hall–Kier alpha value is -3.46. The van der Waals surface area contributed by atoms with Crippen LogP contribution in [0.2, 0.25) is 0 Å². The van der Waals surface area contributed by atoms with Gasteiger partial charge in [0.25, 0.3) is 5.91 Å². The van der Waals surface area contributed by atoms with Gasteiger partial charge in [-0.2, -0.15) is 5.10 Å². The quantitative estimate of drug-likeness (QED) is 0.524. The number of aromatic nitrogens is 4. The third-order valence-corrected chi connectivity index (χ3v) is 4.54. The lowest BCUT2D eigenvalue weighted by Crippen LogP contribution is -2.20. The van der Waals surface area contributed by atoms with E-state index in [-0.39, 0.29) is 12.5 Å². The van der Waals surface area contributed by atoms with E-state index in [4.69, 9.17) is 10.8 Å². The molecule has 0 bridgehead atoms. The first-order valence-corrected chi connectivity index (χ1v) is 9.28. The average molecular weight is 396 g/mol. The second-order valence-corrected chi connectivity index (χ2v) is 6.67. The van der Waals surface area contributed by atoms with Crippen LogP contribution in [0.5, 0.6) is 0 Å². The molecule has 0 aliphatic heterocycles. The van der Waals surface area contributed by atoms with Gasteiger partial charge in [0.05, 0.1) is 23.3 Å². The fourth-order valence-electron chi connectivity index (χ4n) is 3.28. The molecule has 0 atom stereocenters. The summed E-state index contributed by atoms with van der Waals surface area (Å²) in [7, 11) is 0. The zero-order valence-corrected chi connectivity index (χ0v) is 16.6. The van der Waals surface area contributed by atoms with Gasteiger partial charge in [0.1, 0.15) is 5.69 Å². The van der Waals surface area contributed by atoms with E-state index in [9.17, 15) is 9.59 Å². The molecule has 9 nitrogen and oxygen atoms in total. The van der Waals surface area contributed by atoms with Crippen molar-refractivity contribution in [2.45, 2.75) is 33.9 Å².